The maximum atomic E-state index is 3.73. The lowest BCUT2D eigenvalue weighted by molar-refractivity contribution is 0.172. The van der Waals surface area contributed by atoms with Gasteiger partial charge in [0.15, 0.2) is 0 Å². The van der Waals surface area contributed by atoms with E-state index >= 15 is 0 Å². The van der Waals surface area contributed by atoms with Gasteiger partial charge in [-0.2, -0.15) is 0 Å². The van der Waals surface area contributed by atoms with E-state index in [4.69, 9.17) is 0 Å². The highest BCUT2D eigenvalue weighted by atomic mass is 15.0. The Morgan fingerprint density at radius 3 is 2.47 bits per heavy atom. The summed E-state index contributed by atoms with van der Waals surface area (Å²) in [6.07, 6.45) is 5.55. The van der Waals surface area contributed by atoms with Gasteiger partial charge in [0, 0.05) is 19.1 Å². The lowest BCUT2D eigenvalue weighted by atomic mass is 9.77. The lowest BCUT2D eigenvalue weighted by Crippen LogP contribution is -2.52. The summed E-state index contributed by atoms with van der Waals surface area (Å²) in [5, 5.41) is 7.42. The van der Waals surface area contributed by atoms with Crippen LogP contribution in [0.2, 0.25) is 0 Å². The minimum atomic E-state index is 0.458. The Morgan fingerprint density at radius 1 is 1.24 bits per heavy atom. The van der Waals surface area contributed by atoms with E-state index in [1.807, 2.05) is 0 Å². The monoisotopic (exact) mass is 238 g/mol. The molecule has 0 amide bonds. The maximum absolute atomic E-state index is 3.73. The second kappa shape index (κ2) is 4.89. The predicted octanol–water partition coefficient (Wildman–Crippen LogP) is 2.79. The molecule has 2 rings (SSSR count). The first-order valence-electron chi connectivity index (χ1n) is 7.40. The molecule has 2 N–H and O–H groups in total. The van der Waals surface area contributed by atoms with Crippen molar-refractivity contribution in [2.24, 2.45) is 16.7 Å². The van der Waals surface area contributed by atoms with Crippen LogP contribution < -0.4 is 10.6 Å². The molecule has 100 valence electrons. The summed E-state index contributed by atoms with van der Waals surface area (Å²) >= 11 is 0. The molecule has 2 fully saturated rings. The van der Waals surface area contributed by atoms with Crippen molar-refractivity contribution < 1.29 is 0 Å². The van der Waals surface area contributed by atoms with Gasteiger partial charge in [-0.05, 0) is 49.0 Å². The van der Waals surface area contributed by atoms with Crippen LogP contribution in [0.5, 0.6) is 0 Å². The number of rotatable bonds is 5. The van der Waals surface area contributed by atoms with Gasteiger partial charge >= 0.3 is 0 Å². The molecule has 2 nitrogen and oxygen atoms in total. The van der Waals surface area contributed by atoms with Gasteiger partial charge in [0.05, 0.1) is 0 Å². The molecule has 1 unspecified atom stereocenters. The highest BCUT2D eigenvalue weighted by Crippen LogP contribution is 2.51. The third-order valence-corrected chi connectivity index (χ3v) is 5.27. The van der Waals surface area contributed by atoms with E-state index in [2.05, 4.69) is 38.3 Å². The number of piperidine rings is 1. The van der Waals surface area contributed by atoms with E-state index in [1.165, 1.54) is 38.8 Å². The predicted molar refractivity (Wildman–Crippen MR) is 74.2 cm³/mol. The van der Waals surface area contributed by atoms with Gasteiger partial charge in [-0.3, -0.25) is 0 Å². The van der Waals surface area contributed by atoms with Crippen LogP contribution >= 0.6 is 0 Å². The van der Waals surface area contributed by atoms with Crippen LogP contribution in [0, 0.1) is 16.7 Å². The van der Waals surface area contributed by atoms with Gasteiger partial charge in [-0.1, -0.05) is 27.7 Å². The molecule has 0 spiro atoms. The molecule has 1 aliphatic heterocycles. The molecule has 0 aromatic rings. The second-order valence-electron chi connectivity index (χ2n) is 7.25. The van der Waals surface area contributed by atoms with Crippen molar-refractivity contribution in [2.75, 3.05) is 19.6 Å². The third-order valence-electron chi connectivity index (χ3n) is 5.27. The fourth-order valence-corrected chi connectivity index (χ4v) is 3.20. The van der Waals surface area contributed by atoms with Crippen LogP contribution in [0.3, 0.4) is 0 Å². The molecule has 1 heterocycles. The first-order valence-corrected chi connectivity index (χ1v) is 7.40. The van der Waals surface area contributed by atoms with E-state index in [-0.39, 0.29) is 0 Å². The summed E-state index contributed by atoms with van der Waals surface area (Å²) in [7, 11) is 0. The molecule has 17 heavy (non-hydrogen) atoms. The standard InChI is InChI=1S/C15H30N2/c1-12(2)15(7-8-15)11-16-10-13-14(3,4)6-5-9-17-13/h12-13,16-17H,5-11H2,1-4H3. The summed E-state index contributed by atoms with van der Waals surface area (Å²) in [5.74, 6) is 0.835. The zero-order valence-corrected chi connectivity index (χ0v) is 12.1. The van der Waals surface area contributed by atoms with Crippen molar-refractivity contribution in [1.82, 2.24) is 10.6 Å². The number of hydrogen-bond donors (Lipinski definition) is 2. The Hall–Kier alpha value is -0.0800. The van der Waals surface area contributed by atoms with Crippen LogP contribution in [-0.4, -0.2) is 25.7 Å². The van der Waals surface area contributed by atoms with Gasteiger partial charge in [0.2, 0.25) is 0 Å². The molecule has 0 aromatic heterocycles. The van der Waals surface area contributed by atoms with Crippen molar-refractivity contribution in [3.05, 3.63) is 0 Å². The van der Waals surface area contributed by atoms with Gasteiger partial charge in [0.1, 0.15) is 0 Å². The van der Waals surface area contributed by atoms with E-state index in [0.29, 0.717) is 16.9 Å². The average Bonchev–Trinajstić information content (AvgIpc) is 3.01. The Morgan fingerprint density at radius 2 is 1.94 bits per heavy atom. The van der Waals surface area contributed by atoms with Gasteiger partial charge in [0.25, 0.3) is 0 Å². The quantitative estimate of drug-likeness (QED) is 0.769. The summed E-state index contributed by atoms with van der Waals surface area (Å²) < 4.78 is 0. The Balaban J connectivity index is 1.75. The van der Waals surface area contributed by atoms with E-state index in [0.717, 1.165) is 12.5 Å². The Kier molecular flexibility index (Phi) is 3.84. The number of hydrogen-bond acceptors (Lipinski definition) is 2. The molecule has 1 aliphatic carbocycles. The van der Waals surface area contributed by atoms with Crippen molar-refractivity contribution in [3.63, 3.8) is 0 Å². The van der Waals surface area contributed by atoms with Crippen molar-refractivity contribution in [1.29, 1.82) is 0 Å². The zero-order chi connectivity index (χ0) is 12.5. The molecule has 2 heteroatoms. The van der Waals surface area contributed by atoms with Crippen LogP contribution in [-0.2, 0) is 0 Å². The second-order valence-corrected chi connectivity index (χ2v) is 7.25. The first kappa shape index (κ1) is 13.4. The molecule has 1 saturated heterocycles. The zero-order valence-electron chi connectivity index (χ0n) is 12.1. The molecule has 0 bridgehead atoms. The van der Waals surface area contributed by atoms with Crippen LogP contribution in [0.25, 0.3) is 0 Å². The molecule has 1 atom stereocenters. The van der Waals surface area contributed by atoms with Crippen LogP contribution in [0.1, 0.15) is 53.4 Å². The van der Waals surface area contributed by atoms with Gasteiger partial charge < -0.3 is 10.6 Å². The molecule has 1 saturated carbocycles. The summed E-state index contributed by atoms with van der Waals surface area (Å²) in [6, 6.07) is 0.652. The highest BCUT2D eigenvalue weighted by molar-refractivity contribution is 4.98. The fraction of sp³-hybridized carbons (Fsp3) is 1.00. The summed E-state index contributed by atoms with van der Waals surface area (Å²) in [4.78, 5) is 0. The topological polar surface area (TPSA) is 24.1 Å². The SMILES string of the molecule is CC(C)C1(CNCC2NCCCC2(C)C)CC1. The third kappa shape index (κ3) is 3.03. The maximum Gasteiger partial charge on any atom is 0.0243 e. The van der Waals surface area contributed by atoms with E-state index in [9.17, 15) is 0 Å². The van der Waals surface area contributed by atoms with E-state index < -0.39 is 0 Å². The Labute approximate surface area is 107 Å². The fourth-order valence-electron chi connectivity index (χ4n) is 3.20. The minimum absolute atomic E-state index is 0.458. The largest absolute Gasteiger partial charge is 0.315 e. The smallest absolute Gasteiger partial charge is 0.0243 e. The van der Waals surface area contributed by atoms with Crippen molar-refractivity contribution in [2.45, 2.75) is 59.4 Å². The molecule has 0 aromatic carbocycles. The number of nitrogens with one attached hydrogen (secondary N) is 2. The molecule has 0 radical (unpaired) electrons. The molecular formula is C15H30N2. The van der Waals surface area contributed by atoms with E-state index in [1.54, 1.807) is 0 Å². The summed E-state index contributed by atoms with van der Waals surface area (Å²) in [6.45, 7) is 13.1. The normalized spacial score (nSPS) is 30.5. The lowest BCUT2D eigenvalue weighted by Gasteiger charge is -2.40. The average molecular weight is 238 g/mol. The highest BCUT2D eigenvalue weighted by Gasteiger charge is 2.45. The Bertz CT molecular complexity index is 254. The molecule has 2 aliphatic rings. The van der Waals surface area contributed by atoms with Crippen molar-refractivity contribution >= 4 is 0 Å². The minimum Gasteiger partial charge on any atom is -0.315 e. The van der Waals surface area contributed by atoms with Crippen molar-refractivity contribution in [3.8, 4) is 0 Å². The first-order chi connectivity index (χ1) is 7.96. The van der Waals surface area contributed by atoms with Crippen LogP contribution in [0.4, 0.5) is 0 Å². The van der Waals surface area contributed by atoms with Gasteiger partial charge in [-0.15, -0.1) is 0 Å². The summed E-state index contributed by atoms with van der Waals surface area (Å²) in [5.41, 5.74) is 1.10. The van der Waals surface area contributed by atoms with Gasteiger partial charge in [-0.25, -0.2) is 0 Å². The molecular weight excluding hydrogens is 208 g/mol. The van der Waals surface area contributed by atoms with Crippen LogP contribution in [0.15, 0.2) is 0 Å².